The van der Waals surface area contributed by atoms with Gasteiger partial charge in [-0.1, -0.05) is 15.9 Å². The van der Waals surface area contributed by atoms with Crippen LogP contribution in [0.4, 0.5) is 5.69 Å². The zero-order valence-electron chi connectivity index (χ0n) is 10.3. The summed E-state index contributed by atoms with van der Waals surface area (Å²) in [7, 11) is 3.81. The second-order valence-electron chi connectivity index (χ2n) is 4.79. The average Bonchev–Trinajstić information content (AvgIpc) is 2.27. The van der Waals surface area contributed by atoms with Crippen LogP contribution in [0, 0.1) is 5.92 Å². The van der Waals surface area contributed by atoms with Gasteiger partial charge in [0.2, 0.25) is 0 Å². The third kappa shape index (κ3) is 2.93. The van der Waals surface area contributed by atoms with Crippen LogP contribution in [-0.4, -0.2) is 26.7 Å². The lowest BCUT2D eigenvalue weighted by atomic mass is 9.80. The lowest BCUT2D eigenvalue weighted by molar-refractivity contribution is 0.270. The number of benzene rings is 1. The van der Waals surface area contributed by atoms with Crippen molar-refractivity contribution in [3.63, 3.8) is 0 Å². The molecule has 17 heavy (non-hydrogen) atoms. The van der Waals surface area contributed by atoms with Gasteiger partial charge in [-0.25, -0.2) is 0 Å². The fraction of sp³-hybridized carbons (Fsp3) is 0.538. The van der Waals surface area contributed by atoms with E-state index in [2.05, 4.69) is 33.9 Å². The summed E-state index contributed by atoms with van der Waals surface area (Å²) in [6.07, 6.45) is 2.28. The Balaban J connectivity index is 2.06. The third-order valence-electron chi connectivity index (χ3n) is 3.36. The topological polar surface area (TPSA) is 38.5 Å². The Labute approximate surface area is 111 Å². The molecule has 0 radical (unpaired) electrons. The van der Waals surface area contributed by atoms with Crippen molar-refractivity contribution in [1.29, 1.82) is 0 Å². The minimum Gasteiger partial charge on any atom is -0.495 e. The molecule has 1 aromatic carbocycles. The molecule has 0 atom stereocenters. The van der Waals surface area contributed by atoms with Crippen molar-refractivity contribution < 1.29 is 4.74 Å². The molecule has 1 aliphatic rings. The quantitative estimate of drug-likeness (QED) is 0.929. The Morgan fingerprint density at radius 1 is 1.47 bits per heavy atom. The van der Waals surface area contributed by atoms with Gasteiger partial charge in [-0.05, 0) is 37.0 Å². The lowest BCUT2D eigenvalue weighted by Crippen LogP contribution is -2.41. The normalized spacial score (nSPS) is 23.1. The molecule has 0 amide bonds. The molecule has 0 saturated heterocycles. The van der Waals surface area contributed by atoms with Gasteiger partial charge in [0, 0.05) is 24.1 Å². The number of ether oxygens (including phenoxy) is 1. The van der Waals surface area contributed by atoms with E-state index < -0.39 is 0 Å². The van der Waals surface area contributed by atoms with Gasteiger partial charge in [0.05, 0.1) is 12.8 Å². The van der Waals surface area contributed by atoms with Crippen LogP contribution in [0.1, 0.15) is 12.8 Å². The fourth-order valence-corrected chi connectivity index (χ4v) is 2.73. The van der Waals surface area contributed by atoms with Gasteiger partial charge in [0.25, 0.3) is 0 Å². The molecule has 0 heterocycles. The van der Waals surface area contributed by atoms with Gasteiger partial charge in [0.1, 0.15) is 5.75 Å². The Bertz CT molecular complexity index is 391. The summed E-state index contributed by atoms with van der Waals surface area (Å²) in [4.78, 5) is 2.25. The van der Waals surface area contributed by atoms with Crippen LogP contribution in [0.2, 0.25) is 0 Å². The van der Waals surface area contributed by atoms with Crippen LogP contribution in [0.3, 0.4) is 0 Å². The van der Waals surface area contributed by atoms with E-state index in [-0.39, 0.29) is 0 Å². The molecule has 1 aliphatic carbocycles. The number of methoxy groups -OCH3 is 1. The Hall–Kier alpha value is -0.740. The van der Waals surface area contributed by atoms with Gasteiger partial charge >= 0.3 is 0 Å². The molecule has 1 aromatic rings. The van der Waals surface area contributed by atoms with E-state index in [0.717, 1.165) is 41.2 Å². The van der Waals surface area contributed by atoms with Crippen molar-refractivity contribution in [3.8, 4) is 5.75 Å². The van der Waals surface area contributed by atoms with Crippen molar-refractivity contribution in [3.05, 3.63) is 22.7 Å². The maximum atomic E-state index is 5.81. The molecule has 1 fully saturated rings. The highest BCUT2D eigenvalue weighted by Crippen LogP contribution is 2.33. The molecule has 4 heteroatoms. The number of anilines is 1. The number of nitrogens with two attached hydrogens (primary N) is 1. The van der Waals surface area contributed by atoms with Crippen LogP contribution < -0.4 is 15.4 Å². The molecule has 94 valence electrons. The van der Waals surface area contributed by atoms with E-state index in [1.807, 2.05) is 12.1 Å². The fourth-order valence-electron chi connectivity index (χ4n) is 2.38. The third-order valence-corrected chi connectivity index (χ3v) is 3.85. The van der Waals surface area contributed by atoms with Crippen molar-refractivity contribution in [1.82, 2.24) is 0 Å². The average molecular weight is 299 g/mol. The first-order valence-electron chi connectivity index (χ1n) is 5.90. The van der Waals surface area contributed by atoms with E-state index in [9.17, 15) is 0 Å². The van der Waals surface area contributed by atoms with Crippen molar-refractivity contribution >= 4 is 21.6 Å². The van der Waals surface area contributed by atoms with E-state index in [0.29, 0.717) is 6.04 Å². The van der Waals surface area contributed by atoms with E-state index in [1.54, 1.807) is 7.11 Å². The largest absolute Gasteiger partial charge is 0.495 e. The predicted octanol–water partition coefficient (Wildman–Crippen LogP) is 2.63. The molecule has 2 N–H and O–H groups in total. The van der Waals surface area contributed by atoms with E-state index in [4.69, 9.17) is 10.5 Å². The number of halogens is 1. The van der Waals surface area contributed by atoms with Crippen molar-refractivity contribution in [2.75, 3.05) is 25.6 Å². The highest BCUT2D eigenvalue weighted by molar-refractivity contribution is 9.10. The van der Waals surface area contributed by atoms with Crippen LogP contribution in [0.25, 0.3) is 0 Å². The Morgan fingerprint density at radius 3 is 2.76 bits per heavy atom. The Kier molecular flexibility index (Phi) is 3.94. The van der Waals surface area contributed by atoms with Crippen molar-refractivity contribution in [2.24, 2.45) is 11.7 Å². The summed E-state index contributed by atoms with van der Waals surface area (Å²) in [5, 5.41) is 0. The number of hydrogen-bond donors (Lipinski definition) is 1. The van der Waals surface area contributed by atoms with Gasteiger partial charge in [-0.15, -0.1) is 0 Å². The SMILES string of the molecule is COc1ccc(Br)cc1N(C)CC1CC(N)C1. The number of hydrogen-bond acceptors (Lipinski definition) is 3. The van der Waals surface area contributed by atoms with Gasteiger partial charge in [-0.2, -0.15) is 0 Å². The second kappa shape index (κ2) is 5.27. The zero-order chi connectivity index (χ0) is 12.4. The van der Waals surface area contributed by atoms with Crippen LogP contribution in [-0.2, 0) is 0 Å². The maximum absolute atomic E-state index is 5.81. The van der Waals surface area contributed by atoms with Crippen LogP contribution in [0.5, 0.6) is 5.75 Å². The molecular weight excluding hydrogens is 280 g/mol. The molecule has 0 aliphatic heterocycles. The smallest absolute Gasteiger partial charge is 0.142 e. The van der Waals surface area contributed by atoms with E-state index in [1.165, 1.54) is 0 Å². The first kappa shape index (κ1) is 12.7. The highest BCUT2D eigenvalue weighted by Gasteiger charge is 2.27. The molecular formula is C13H19BrN2O. The van der Waals surface area contributed by atoms with E-state index >= 15 is 0 Å². The van der Waals surface area contributed by atoms with Crippen molar-refractivity contribution in [2.45, 2.75) is 18.9 Å². The summed E-state index contributed by atoms with van der Waals surface area (Å²) in [6.45, 7) is 1.04. The molecule has 2 rings (SSSR count). The van der Waals surface area contributed by atoms with Gasteiger partial charge in [-0.3, -0.25) is 0 Å². The molecule has 0 unspecified atom stereocenters. The summed E-state index contributed by atoms with van der Waals surface area (Å²) >= 11 is 3.50. The number of nitrogens with zero attached hydrogens (tertiary/aromatic N) is 1. The molecule has 3 nitrogen and oxygen atoms in total. The van der Waals surface area contributed by atoms with Gasteiger partial charge < -0.3 is 15.4 Å². The lowest BCUT2D eigenvalue weighted by Gasteiger charge is -2.36. The van der Waals surface area contributed by atoms with Crippen LogP contribution in [0.15, 0.2) is 22.7 Å². The first-order chi connectivity index (χ1) is 8.10. The number of rotatable bonds is 4. The summed E-state index contributed by atoms with van der Waals surface area (Å²) < 4.78 is 6.46. The second-order valence-corrected chi connectivity index (χ2v) is 5.71. The monoisotopic (exact) mass is 298 g/mol. The Morgan fingerprint density at radius 2 is 2.18 bits per heavy atom. The first-order valence-corrected chi connectivity index (χ1v) is 6.69. The van der Waals surface area contributed by atoms with Gasteiger partial charge in [0.15, 0.2) is 0 Å². The summed E-state index contributed by atoms with van der Waals surface area (Å²) in [5.74, 6) is 1.64. The minimum absolute atomic E-state index is 0.415. The minimum atomic E-state index is 0.415. The molecule has 0 spiro atoms. The predicted molar refractivity (Wildman–Crippen MR) is 74.7 cm³/mol. The molecule has 1 saturated carbocycles. The summed E-state index contributed by atoms with van der Waals surface area (Å²) in [5.41, 5.74) is 6.94. The highest BCUT2D eigenvalue weighted by atomic mass is 79.9. The standard InChI is InChI=1S/C13H19BrN2O/c1-16(8-9-5-11(15)6-9)12-7-10(14)3-4-13(12)17-2/h3-4,7,9,11H,5-6,8,15H2,1-2H3. The van der Waals surface area contributed by atoms with Crippen LogP contribution >= 0.6 is 15.9 Å². The molecule has 0 bridgehead atoms. The maximum Gasteiger partial charge on any atom is 0.142 e. The summed E-state index contributed by atoms with van der Waals surface area (Å²) in [6, 6.07) is 6.49. The zero-order valence-corrected chi connectivity index (χ0v) is 11.9. The molecule has 0 aromatic heterocycles.